The molecule has 0 saturated carbocycles. The van der Waals surface area contributed by atoms with Crippen LogP contribution in [0.1, 0.15) is 50.3 Å². The van der Waals surface area contributed by atoms with E-state index in [0.717, 1.165) is 38.1 Å². The predicted octanol–water partition coefficient (Wildman–Crippen LogP) is 3.91. The van der Waals surface area contributed by atoms with Crippen LogP contribution in [0.3, 0.4) is 0 Å². The Morgan fingerprint density at radius 2 is 1.96 bits per heavy atom. The van der Waals surface area contributed by atoms with E-state index in [1.54, 1.807) is 6.92 Å². The van der Waals surface area contributed by atoms with Gasteiger partial charge >= 0.3 is 6.18 Å². The van der Waals surface area contributed by atoms with E-state index in [9.17, 15) is 18.0 Å². The van der Waals surface area contributed by atoms with Crippen molar-refractivity contribution >= 4 is 5.91 Å². The first-order valence-electron chi connectivity index (χ1n) is 8.44. The highest BCUT2D eigenvalue weighted by Gasteiger charge is 2.30. The van der Waals surface area contributed by atoms with Crippen LogP contribution in [0.25, 0.3) is 0 Å². The molecule has 1 fully saturated rings. The minimum absolute atomic E-state index is 0.0551. The lowest BCUT2D eigenvalue weighted by molar-refractivity contribution is -0.137. The first kappa shape index (κ1) is 18.8. The zero-order valence-corrected chi connectivity index (χ0v) is 14.1. The highest BCUT2D eigenvalue weighted by molar-refractivity contribution is 5.76. The first-order chi connectivity index (χ1) is 11.3. The third-order valence-corrected chi connectivity index (χ3v) is 4.76. The van der Waals surface area contributed by atoms with E-state index in [-0.39, 0.29) is 17.9 Å². The molecule has 3 nitrogen and oxygen atoms in total. The molecule has 2 rings (SSSR count). The molecule has 0 radical (unpaired) electrons. The van der Waals surface area contributed by atoms with Crippen molar-refractivity contribution in [1.82, 2.24) is 10.6 Å². The third kappa shape index (κ3) is 5.23. The molecule has 1 amide bonds. The molecule has 1 aliphatic rings. The van der Waals surface area contributed by atoms with Gasteiger partial charge < -0.3 is 10.6 Å². The van der Waals surface area contributed by atoms with Gasteiger partial charge in [0.25, 0.3) is 0 Å². The standard InChI is InChI=1S/C18H25F3N2O/c1-12(15-4-3-9-22-11-15)10-17(24)23-13(2)14-5-7-16(8-6-14)18(19,20)21/h5-8,12-13,15,22H,3-4,9-11H2,1-2H3,(H,23,24). The second-order valence-electron chi connectivity index (χ2n) is 6.70. The van der Waals surface area contributed by atoms with Crippen LogP contribution in [0.5, 0.6) is 0 Å². The molecule has 3 atom stereocenters. The largest absolute Gasteiger partial charge is 0.416 e. The smallest absolute Gasteiger partial charge is 0.350 e. The topological polar surface area (TPSA) is 41.1 Å². The number of amides is 1. The van der Waals surface area contributed by atoms with E-state index in [1.165, 1.54) is 12.1 Å². The predicted molar refractivity (Wildman–Crippen MR) is 87.4 cm³/mol. The molecule has 0 spiro atoms. The van der Waals surface area contributed by atoms with Gasteiger partial charge in [-0.05, 0) is 62.4 Å². The second-order valence-corrected chi connectivity index (χ2v) is 6.70. The van der Waals surface area contributed by atoms with Crippen molar-refractivity contribution in [2.75, 3.05) is 13.1 Å². The van der Waals surface area contributed by atoms with Gasteiger partial charge in [0.15, 0.2) is 0 Å². The van der Waals surface area contributed by atoms with Crippen molar-refractivity contribution in [3.63, 3.8) is 0 Å². The van der Waals surface area contributed by atoms with Crippen molar-refractivity contribution in [1.29, 1.82) is 0 Å². The summed E-state index contributed by atoms with van der Waals surface area (Å²) in [6.45, 7) is 5.86. The van der Waals surface area contributed by atoms with Gasteiger partial charge in [0.2, 0.25) is 5.91 Å². The lowest BCUT2D eigenvalue weighted by atomic mass is 9.85. The number of carbonyl (C=O) groups excluding carboxylic acids is 1. The van der Waals surface area contributed by atoms with Crippen LogP contribution in [0.2, 0.25) is 0 Å². The Labute approximate surface area is 141 Å². The maximum Gasteiger partial charge on any atom is 0.416 e. The van der Waals surface area contributed by atoms with Crippen LogP contribution < -0.4 is 10.6 Å². The Kier molecular flexibility index (Phi) is 6.27. The van der Waals surface area contributed by atoms with Gasteiger partial charge in [0.1, 0.15) is 0 Å². The average molecular weight is 342 g/mol. The molecule has 0 bridgehead atoms. The van der Waals surface area contributed by atoms with E-state index in [2.05, 4.69) is 17.6 Å². The Bertz CT molecular complexity index is 536. The summed E-state index contributed by atoms with van der Waals surface area (Å²) in [5, 5.41) is 6.23. The zero-order chi connectivity index (χ0) is 17.7. The Morgan fingerprint density at radius 1 is 1.29 bits per heavy atom. The highest BCUT2D eigenvalue weighted by Crippen LogP contribution is 2.30. The summed E-state index contributed by atoms with van der Waals surface area (Å²) in [6.07, 6.45) is -1.62. The summed E-state index contributed by atoms with van der Waals surface area (Å²) in [6, 6.07) is 4.63. The van der Waals surface area contributed by atoms with Crippen molar-refractivity contribution in [3.05, 3.63) is 35.4 Å². The molecule has 1 heterocycles. The molecule has 6 heteroatoms. The van der Waals surface area contributed by atoms with Crippen molar-refractivity contribution in [3.8, 4) is 0 Å². The minimum Gasteiger partial charge on any atom is -0.350 e. The molecular formula is C18H25F3N2O. The number of hydrogen-bond acceptors (Lipinski definition) is 2. The number of carbonyl (C=O) groups is 1. The monoisotopic (exact) mass is 342 g/mol. The molecule has 24 heavy (non-hydrogen) atoms. The minimum atomic E-state index is -4.34. The summed E-state index contributed by atoms with van der Waals surface area (Å²) in [4.78, 5) is 12.2. The Hall–Kier alpha value is -1.56. The number of piperidine rings is 1. The number of halogens is 3. The molecule has 1 saturated heterocycles. The number of hydrogen-bond donors (Lipinski definition) is 2. The molecule has 1 aromatic rings. The highest BCUT2D eigenvalue weighted by atomic mass is 19.4. The van der Waals surface area contributed by atoms with E-state index in [0.29, 0.717) is 17.9 Å². The van der Waals surface area contributed by atoms with Gasteiger partial charge in [-0.3, -0.25) is 4.79 Å². The van der Waals surface area contributed by atoms with Gasteiger partial charge in [-0.25, -0.2) is 0 Å². The van der Waals surface area contributed by atoms with Crippen LogP contribution in [0.4, 0.5) is 13.2 Å². The summed E-state index contributed by atoms with van der Waals surface area (Å²) in [5.74, 6) is 0.740. The normalized spacial score (nSPS) is 21.1. The van der Waals surface area contributed by atoms with Crippen LogP contribution in [0, 0.1) is 11.8 Å². The van der Waals surface area contributed by atoms with Gasteiger partial charge in [0.05, 0.1) is 11.6 Å². The van der Waals surface area contributed by atoms with Crippen LogP contribution in [0.15, 0.2) is 24.3 Å². The van der Waals surface area contributed by atoms with Crippen LogP contribution >= 0.6 is 0 Å². The maximum absolute atomic E-state index is 12.6. The fourth-order valence-electron chi connectivity index (χ4n) is 3.17. The summed E-state index contributed by atoms with van der Waals surface area (Å²) >= 11 is 0. The molecule has 1 aliphatic heterocycles. The molecule has 0 aromatic heterocycles. The van der Waals surface area contributed by atoms with Crippen LogP contribution in [-0.2, 0) is 11.0 Å². The van der Waals surface area contributed by atoms with E-state index >= 15 is 0 Å². The number of alkyl halides is 3. The van der Waals surface area contributed by atoms with E-state index < -0.39 is 11.7 Å². The Balaban J connectivity index is 1.86. The molecule has 2 N–H and O–H groups in total. The second kappa shape index (κ2) is 8.01. The fourth-order valence-corrected chi connectivity index (χ4v) is 3.17. The van der Waals surface area contributed by atoms with Gasteiger partial charge in [-0.15, -0.1) is 0 Å². The molecule has 1 aromatic carbocycles. The van der Waals surface area contributed by atoms with E-state index in [4.69, 9.17) is 0 Å². The van der Waals surface area contributed by atoms with E-state index in [1.807, 2.05) is 0 Å². The molecule has 134 valence electrons. The maximum atomic E-state index is 12.6. The van der Waals surface area contributed by atoms with Crippen molar-refractivity contribution in [2.24, 2.45) is 11.8 Å². The lowest BCUT2D eigenvalue weighted by Crippen LogP contribution is -2.36. The average Bonchev–Trinajstić information content (AvgIpc) is 2.54. The number of nitrogens with one attached hydrogen (secondary N) is 2. The summed E-state index contributed by atoms with van der Waals surface area (Å²) in [7, 11) is 0. The van der Waals surface area contributed by atoms with Crippen molar-refractivity contribution < 1.29 is 18.0 Å². The molecule has 3 unspecified atom stereocenters. The summed E-state index contributed by atoms with van der Waals surface area (Å²) < 4.78 is 37.7. The quantitative estimate of drug-likeness (QED) is 0.852. The number of rotatable bonds is 5. The fraction of sp³-hybridized carbons (Fsp3) is 0.611. The SMILES string of the molecule is CC(NC(=O)CC(C)C1CCCNC1)c1ccc(C(F)(F)F)cc1. The van der Waals surface area contributed by atoms with Gasteiger partial charge in [0, 0.05) is 6.42 Å². The lowest BCUT2D eigenvalue weighted by Gasteiger charge is -2.28. The molecule has 0 aliphatic carbocycles. The Morgan fingerprint density at radius 3 is 2.50 bits per heavy atom. The van der Waals surface area contributed by atoms with Crippen LogP contribution in [-0.4, -0.2) is 19.0 Å². The van der Waals surface area contributed by atoms with Gasteiger partial charge in [-0.2, -0.15) is 13.2 Å². The summed E-state index contributed by atoms with van der Waals surface area (Å²) in [5.41, 5.74) is -0.00784. The van der Waals surface area contributed by atoms with Crippen molar-refractivity contribution in [2.45, 2.75) is 45.3 Å². The zero-order valence-electron chi connectivity index (χ0n) is 14.1. The molecular weight excluding hydrogens is 317 g/mol. The number of benzene rings is 1. The third-order valence-electron chi connectivity index (χ3n) is 4.76. The van der Waals surface area contributed by atoms with Gasteiger partial charge in [-0.1, -0.05) is 19.1 Å². The first-order valence-corrected chi connectivity index (χ1v) is 8.44.